The Balaban J connectivity index is 2.64. The molecule has 1 radical (unpaired) electrons. The Labute approximate surface area is 47.8 Å². The molecule has 0 saturated carbocycles. The number of carbonyl (C=O) groups is 1. The molecule has 0 heterocycles. The minimum Gasteiger partial charge on any atom is -0.512 e. The minimum absolute atomic E-state index is 0.0498. The molecule has 0 aromatic heterocycles. The summed E-state index contributed by atoms with van der Waals surface area (Å²) in [5, 5.41) is 8.72. The van der Waals surface area contributed by atoms with Gasteiger partial charge in [0.05, 0.1) is 12.5 Å². The maximum absolute atomic E-state index is 10.4. The van der Waals surface area contributed by atoms with Gasteiger partial charge in [0, 0.05) is 6.42 Å². The van der Waals surface area contributed by atoms with Gasteiger partial charge in [0.25, 0.3) is 0 Å². The van der Waals surface area contributed by atoms with Crippen LogP contribution in [0.1, 0.15) is 19.3 Å². The van der Waals surface area contributed by atoms with E-state index in [0.29, 0.717) is 12.8 Å². The zero-order valence-corrected chi connectivity index (χ0v) is 4.55. The van der Waals surface area contributed by atoms with Gasteiger partial charge in [-0.2, -0.15) is 0 Å². The van der Waals surface area contributed by atoms with Crippen LogP contribution in [0.25, 0.3) is 0 Å². The van der Waals surface area contributed by atoms with Crippen molar-refractivity contribution < 1.29 is 9.90 Å². The molecule has 0 fully saturated rings. The summed E-state index contributed by atoms with van der Waals surface area (Å²) < 4.78 is 0. The van der Waals surface area contributed by atoms with Crippen molar-refractivity contribution in [3.8, 4) is 0 Å². The Hall–Kier alpha value is -0.790. The first-order chi connectivity index (χ1) is 3.79. The maximum Gasteiger partial charge on any atom is 0.470 e. The van der Waals surface area contributed by atoms with E-state index in [0.717, 1.165) is 6.42 Å². The molecule has 1 aliphatic carbocycles. The lowest BCUT2D eigenvalue weighted by molar-refractivity contribution is -0.115. The lowest BCUT2D eigenvalue weighted by Gasteiger charge is -1.97. The largest absolute Gasteiger partial charge is 0.512 e. The van der Waals surface area contributed by atoms with Crippen molar-refractivity contribution in [1.29, 1.82) is 0 Å². The standard InChI is InChI=1S/C6H8O2/c7-5-2-1-3-6(8)4-5/h4,7H,1-3H2/q+1. The van der Waals surface area contributed by atoms with Crippen molar-refractivity contribution in [3.63, 3.8) is 0 Å². The second-order valence-corrected chi connectivity index (χ2v) is 1.96. The number of aliphatic hydroxyl groups is 1. The Bertz CT molecular complexity index is 135. The molecule has 0 amide bonds. The van der Waals surface area contributed by atoms with E-state index < -0.39 is 0 Å². The van der Waals surface area contributed by atoms with Gasteiger partial charge in [0.15, 0.2) is 0 Å². The molecule has 1 aliphatic rings. The average Bonchev–Trinajstić information content (AvgIpc) is 1.64. The SMILES string of the molecule is [O+]=C1C=C(O)CCC1. The van der Waals surface area contributed by atoms with Crippen LogP contribution in [0.15, 0.2) is 11.8 Å². The van der Waals surface area contributed by atoms with E-state index in [1.807, 2.05) is 0 Å². The number of aliphatic hydroxyl groups excluding tert-OH is 1. The highest BCUT2D eigenvalue weighted by Gasteiger charge is 2.18. The fraction of sp³-hybridized carbons (Fsp3) is 0.500. The highest BCUT2D eigenvalue weighted by atomic mass is 16.3. The smallest absolute Gasteiger partial charge is 0.470 e. The third-order valence-electron chi connectivity index (χ3n) is 1.18. The van der Waals surface area contributed by atoms with E-state index in [1.165, 1.54) is 6.08 Å². The number of carbonyl (C=O) groups excluding carboxylic acids is 1. The molecule has 0 atom stereocenters. The predicted molar refractivity (Wildman–Crippen MR) is 29.6 cm³/mol. The molecule has 2 nitrogen and oxygen atoms in total. The summed E-state index contributed by atoms with van der Waals surface area (Å²) in [7, 11) is 0. The summed E-state index contributed by atoms with van der Waals surface area (Å²) in [6.45, 7) is 0. The molecule has 43 valence electrons. The number of hydrogen-bond acceptors (Lipinski definition) is 2. The lowest BCUT2D eigenvalue weighted by atomic mass is 10.1. The highest BCUT2D eigenvalue weighted by Crippen LogP contribution is 2.11. The van der Waals surface area contributed by atoms with Gasteiger partial charge in [0.2, 0.25) is 4.79 Å². The quantitative estimate of drug-likeness (QED) is 0.478. The monoisotopic (exact) mass is 112 g/mol. The first kappa shape index (κ1) is 5.35. The third-order valence-corrected chi connectivity index (χ3v) is 1.18. The second-order valence-electron chi connectivity index (χ2n) is 1.96. The van der Waals surface area contributed by atoms with E-state index in [2.05, 4.69) is 0 Å². The van der Waals surface area contributed by atoms with Gasteiger partial charge in [-0.25, -0.2) is 0 Å². The van der Waals surface area contributed by atoms with Crippen molar-refractivity contribution >= 4 is 5.78 Å². The molecule has 0 unspecified atom stereocenters. The normalized spacial score (nSPS) is 20.5. The first-order valence-corrected chi connectivity index (χ1v) is 2.71. The van der Waals surface area contributed by atoms with E-state index in [9.17, 15) is 4.79 Å². The first-order valence-electron chi connectivity index (χ1n) is 2.71. The molecule has 0 aromatic carbocycles. The Kier molecular flexibility index (Phi) is 1.33. The highest BCUT2D eigenvalue weighted by molar-refractivity contribution is 5.90. The van der Waals surface area contributed by atoms with Crippen LogP contribution in [0.5, 0.6) is 0 Å². The number of allylic oxidation sites excluding steroid dienone is 2. The predicted octanol–water partition coefficient (Wildman–Crippen LogP) is 1.18. The summed E-state index contributed by atoms with van der Waals surface area (Å²) in [5.74, 6) is 0.287. The van der Waals surface area contributed by atoms with Gasteiger partial charge in [-0.3, -0.25) is 0 Å². The van der Waals surface area contributed by atoms with Crippen molar-refractivity contribution in [2.45, 2.75) is 19.3 Å². The zero-order chi connectivity index (χ0) is 5.98. The molecule has 0 aromatic rings. The summed E-state index contributed by atoms with van der Waals surface area (Å²) >= 11 is 0. The van der Waals surface area contributed by atoms with Gasteiger partial charge < -0.3 is 5.11 Å². The molecule has 1 rings (SSSR count). The molecule has 1 N–H and O–H groups in total. The fourth-order valence-electron chi connectivity index (χ4n) is 0.774. The van der Waals surface area contributed by atoms with E-state index in [1.54, 1.807) is 0 Å². The molecular weight excluding hydrogens is 104 g/mol. The third kappa shape index (κ3) is 1.09. The van der Waals surface area contributed by atoms with E-state index in [-0.39, 0.29) is 11.5 Å². The Morgan fingerprint density at radius 2 is 2.25 bits per heavy atom. The summed E-state index contributed by atoms with van der Waals surface area (Å²) in [4.78, 5) is 10.4. The van der Waals surface area contributed by atoms with Gasteiger partial charge in [0.1, 0.15) is 5.76 Å². The van der Waals surface area contributed by atoms with Crippen LogP contribution >= 0.6 is 0 Å². The molecule has 2 heteroatoms. The van der Waals surface area contributed by atoms with Crippen molar-refractivity contribution in [2.24, 2.45) is 0 Å². The van der Waals surface area contributed by atoms with Crippen molar-refractivity contribution in [2.75, 3.05) is 0 Å². The molecule has 0 spiro atoms. The zero-order valence-electron chi connectivity index (χ0n) is 4.55. The van der Waals surface area contributed by atoms with Gasteiger partial charge >= 0.3 is 5.78 Å². The Morgan fingerprint density at radius 3 is 2.62 bits per heavy atom. The molecule has 0 bridgehead atoms. The van der Waals surface area contributed by atoms with Crippen LogP contribution in [0.3, 0.4) is 0 Å². The summed E-state index contributed by atoms with van der Waals surface area (Å²) in [5.41, 5.74) is 0. The molecule has 0 saturated heterocycles. The fourth-order valence-corrected chi connectivity index (χ4v) is 0.774. The molecule has 8 heavy (non-hydrogen) atoms. The van der Waals surface area contributed by atoms with Crippen LogP contribution in [0.2, 0.25) is 0 Å². The van der Waals surface area contributed by atoms with Crippen molar-refractivity contribution in [1.82, 2.24) is 0 Å². The van der Waals surface area contributed by atoms with Crippen LogP contribution in [-0.4, -0.2) is 10.9 Å². The topological polar surface area (TPSA) is 40.1 Å². The Morgan fingerprint density at radius 1 is 1.50 bits per heavy atom. The lowest BCUT2D eigenvalue weighted by Crippen LogP contribution is -2.01. The number of hydrogen-bond donors (Lipinski definition) is 1. The molecular formula is C6H8O2+. The van der Waals surface area contributed by atoms with Crippen LogP contribution in [0.4, 0.5) is 0 Å². The maximum atomic E-state index is 10.4. The van der Waals surface area contributed by atoms with Gasteiger partial charge in [-0.05, 0) is 6.42 Å². The summed E-state index contributed by atoms with van der Waals surface area (Å²) in [6.07, 6.45) is 3.39. The van der Waals surface area contributed by atoms with Gasteiger partial charge in [-0.15, -0.1) is 0 Å². The van der Waals surface area contributed by atoms with Crippen LogP contribution in [0, 0.1) is 0 Å². The van der Waals surface area contributed by atoms with Crippen LogP contribution < -0.4 is 0 Å². The van der Waals surface area contributed by atoms with Crippen LogP contribution in [-0.2, 0) is 4.79 Å². The number of ketones is 1. The second kappa shape index (κ2) is 1.99. The number of rotatable bonds is 0. The average molecular weight is 112 g/mol. The summed E-state index contributed by atoms with van der Waals surface area (Å²) in [6, 6.07) is 0. The minimum atomic E-state index is 0.0498. The van der Waals surface area contributed by atoms with E-state index in [4.69, 9.17) is 5.11 Å². The van der Waals surface area contributed by atoms with Gasteiger partial charge in [-0.1, -0.05) is 0 Å². The van der Waals surface area contributed by atoms with E-state index >= 15 is 0 Å². The molecule has 0 aliphatic heterocycles. The van der Waals surface area contributed by atoms with Crippen molar-refractivity contribution in [3.05, 3.63) is 11.8 Å².